The summed E-state index contributed by atoms with van der Waals surface area (Å²) in [6.45, 7) is 9.24. The van der Waals surface area contributed by atoms with Gasteiger partial charge in [0.2, 0.25) is 11.8 Å². The molecule has 3 N–H and O–H groups in total. The summed E-state index contributed by atoms with van der Waals surface area (Å²) in [4.78, 5) is 35.9. The van der Waals surface area contributed by atoms with Gasteiger partial charge in [0, 0.05) is 17.0 Å². The molecule has 0 aliphatic heterocycles. The van der Waals surface area contributed by atoms with Crippen LogP contribution in [0.15, 0.2) is 67.3 Å². The van der Waals surface area contributed by atoms with Crippen LogP contribution in [0.4, 0.5) is 0 Å². The lowest BCUT2D eigenvalue weighted by molar-refractivity contribution is -0.121. The van der Waals surface area contributed by atoms with E-state index < -0.39 is 11.3 Å². The largest absolute Gasteiger partial charge is 0.366 e. The second kappa shape index (κ2) is 11.8. The molecule has 0 aromatic heterocycles. The number of amides is 2. The van der Waals surface area contributed by atoms with Crippen molar-refractivity contribution in [3.63, 3.8) is 0 Å². The van der Waals surface area contributed by atoms with Crippen LogP contribution in [0, 0.1) is 5.41 Å². The van der Waals surface area contributed by atoms with E-state index >= 15 is 0 Å². The number of aryl methyl sites for hydroxylation is 2. The molecule has 0 saturated heterocycles. The minimum absolute atomic E-state index is 0.0704. The van der Waals surface area contributed by atoms with Crippen molar-refractivity contribution >= 4 is 29.2 Å². The van der Waals surface area contributed by atoms with Crippen LogP contribution in [-0.4, -0.2) is 23.6 Å². The molecule has 0 bridgehead atoms. The first-order valence-electron chi connectivity index (χ1n) is 12.4. The summed E-state index contributed by atoms with van der Waals surface area (Å²) < 4.78 is 0. The van der Waals surface area contributed by atoms with Crippen molar-refractivity contribution in [2.45, 2.75) is 58.9 Å². The van der Waals surface area contributed by atoms with E-state index in [0.717, 1.165) is 53.5 Å². The molecule has 1 atom stereocenters. The third kappa shape index (κ3) is 7.38. The van der Waals surface area contributed by atoms with Gasteiger partial charge in [0.1, 0.15) is 0 Å². The summed E-state index contributed by atoms with van der Waals surface area (Å²) >= 11 is 0. The first-order chi connectivity index (χ1) is 17.1. The van der Waals surface area contributed by atoms with Gasteiger partial charge < -0.3 is 11.1 Å². The van der Waals surface area contributed by atoms with Gasteiger partial charge in [0.15, 0.2) is 5.78 Å². The summed E-state index contributed by atoms with van der Waals surface area (Å²) in [6.07, 6.45) is 10.9. The highest BCUT2D eigenvalue weighted by molar-refractivity contribution is 5.97. The first kappa shape index (κ1) is 26.9. The highest BCUT2D eigenvalue weighted by Gasteiger charge is 2.19. The van der Waals surface area contributed by atoms with Crippen LogP contribution in [-0.2, 0) is 22.4 Å². The van der Waals surface area contributed by atoms with E-state index in [2.05, 4.69) is 24.0 Å². The maximum atomic E-state index is 12.1. The standard InChI is InChI=1S/C31H36N2O3/c1-5-29(35)33-26-8-6-7-23(20-26)24-16-17-27(30(32)36)25(19-24)15-13-21-9-11-22(12-10-21)14-18-28(34)31(2,3)4/h5,7,9-12,14,16-19,26H,1,6,8,13,15,20H2,2-4H3,(H2,32,36)(H,33,35)/b18-14+/t26-/m0/s1. The van der Waals surface area contributed by atoms with Gasteiger partial charge in [0.05, 0.1) is 0 Å². The monoisotopic (exact) mass is 484 g/mol. The smallest absolute Gasteiger partial charge is 0.248 e. The normalized spacial score (nSPS) is 15.9. The highest BCUT2D eigenvalue weighted by atomic mass is 16.2. The number of rotatable bonds is 9. The highest BCUT2D eigenvalue weighted by Crippen LogP contribution is 2.29. The maximum absolute atomic E-state index is 12.1. The van der Waals surface area contributed by atoms with Crippen LogP contribution in [0.2, 0.25) is 0 Å². The lowest BCUT2D eigenvalue weighted by atomic mass is 9.87. The predicted molar refractivity (Wildman–Crippen MR) is 146 cm³/mol. The van der Waals surface area contributed by atoms with Crippen molar-refractivity contribution in [2.24, 2.45) is 11.1 Å². The van der Waals surface area contributed by atoms with Gasteiger partial charge in [-0.2, -0.15) is 0 Å². The summed E-state index contributed by atoms with van der Waals surface area (Å²) in [7, 11) is 0. The van der Waals surface area contributed by atoms with Crippen LogP contribution >= 0.6 is 0 Å². The molecule has 1 aliphatic rings. The number of primary amides is 1. The predicted octanol–water partition coefficient (Wildman–Crippen LogP) is 5.44. The number of allylic oxidation sites excluding steroid dienone is 2. The number of hydrogen-bond acceptors (Lipinski definition) is 3. The zero-order valence-corrected chi connectivity index (χ0v) is 21.5. The van der Waals surface area contributed by atoms with Gasteiger partial charge in [-0.05, 0) is 78.1 Å². The third-order valence-electron chi connectivity index (χ3n) is 6.47. The molecule has 36 heavy (non-hydrogen) atoms. The third-order valence-corrected chi connectivity index (χ3v) is 6.47. The van der Waals surface area contributed by atoms with Gasteiger partial charge in [-0.1, -0.05) is 75.9 Å². The van der Waals surface area contributed by atoms with Crippen molar-refractivity contribution in [2.75, 3.05) is 0 Å². The Labute approximate surface area is 214 Å². The molecular formula is C31H36N2O3. The molecule has 0 radical (unpaired) electrons. The fourth-order valence-electron chi connectivity index (χ4n) is 4.27. The minimum atomic E-state index is -0.436. The molecule has 0 fully saturated rings. The Kier molecular flexibility index (Phi) is 8.81. The molecule has 5 nitrogen and oxygen atoms in total. The second-order valence-corrected chi connectivity index (χ2v) is 10.3. The molecule has 1 aliphatic carbocycles. The Hall–Kier alpha value is -3.73. The Morgan fingerprint density at radius 2 is 1.81 bits per heavy atom. The lowest BCUT2D eigenvalue weighted by Gasteiger charge is -2.24. The van der Waals surface area contributed by atoms with Crippen molar-refractivity contribution in [3.05, 3.63) is 95.1 Å². The molecule has 0 saturated carbocycles. The number of hydrogen-bond donors (Lipinski definition) is 2. The van der Waals surface area contributed by atoms with Gasteiger partial charge >= 0.3 is 0 Å². The molecule has 188 valence electrons. The van der Waals surface area contributed by atoms with Gasteiger partial charge in [-0.3, -0.25) is 14.4 Å². The fourth-order valence-corrected chi connectivity index (χ4v) is 4.27. The van der Waals surface area contributed by atoms with E-state index in [1.54, 1.807) is 12.1 Å². The molecule has 2 aromatic rings. The number of carbonyl (C=O) groups is 3. The number of carbonyl (C=O) groups excluding carboxylic acids is 3. The van der Waals surface area contributed by atoms with E-state index in [4.69, 9.17) is 5.73 Å². The van der Waals surface area contributed by atoms with E-state index in [1.165, 1.54) is 6.08 Å². The van der Waals surface area contributed by atoms with Crippen molar-refractivity contribution in [3.8, 4) is 0 Å². The topological polar surface area (TPSA) is 89.3 Å². The first-order valence-corrected chi connectivity index (χ1v) is 12.4. The van der Waals surface area contributed by atoms with Gasteiger partial charge in [-0.25, -0.2) is 0 Å². The number of nitrogens with two attached hydrogens (primary N) is 1. The van der Waals surface area contributed by atoms with Crippen molar-refractivity contribution in [1.82, 2.24) is 5.32 Å². The summed E-state index contributed by atoms with van der Waals surface area (Å²) in [5, 5.41) is 2.99. The molecule has 2 amide bonds. The summed E-state index contributed by atoms with van der Waals surface area (Å²) in [6, 6.07) is 14.0. The van der Waals surface area contributed by atoms with Crippen LogP contribution < -0.4 is 11.1 Å². The quantitative estimate of drug-likeness (QED) is 0.465. The maximum Gasteiger partial charge on any atom is 0.248 e. The summed E-state index contributed by atoms with van der Waals surface area (Å²) in [5.41, 5.74) is 11.0. The zero-order valence-electron chi connectivity index (χ0n) is 21.5. The van der Waals surface area contributed by atoms with E-state index in [9.17, 15) is 14.4 Å². The Morgan fingerprint density at radius 1 is 1.08 bits per heavy atom. The zero-order chi connectivity index (χ0) is 26.3. The Bertz CT molecular complexity index is 1200. The number of nitrogens with one attached hydrogen (secondary N) is 1. The minimum Gasteiger partial charge on any atom is -0.366 e. The van der Waals surface area contributed by atoms with E-state index in [1.807, 2.05) is 57.2 Å². The van der Waals surface area contributed by atoms with Crippen LogP contribution in [0.25, 0.3) is 11.6 Å². The van der Waals surface area contributed by atoms with Gasteiger partial charge in [-0.15, -0.1) is 0 Å². The van der Waals surface area contributed by atoms with Crippen molar-refractivity contribution < 1.29 is 14.4 Å². The fraction of sp³-hybridized carbons (Fsp3) is 0.323. The van der Waals surface area contributed by atoms with Gasteiger partial charge in [0.25, 0.3) is 0 Å². The molecule has 3 rings (SSSR count). The SMILES string of the molecule is C=CC(=O)N[C@H]1CCC=C(c2ccc(C(N)=O)c(CCc3ccc(/C=C/C(=O)C(C)(C)C)cc3)c2)C1. The molecule has 5 heteroatoms. The molecule has 0 spiro atoms. The second-order valence-electron chi connectivity index (χ2n) is 10.3. The Balaban J connectivity index is 1.72. The lowest BCUT2D eigenvalue weighted by Crippen LogP contribution is -2.34. The molecule has 0 unspecified atom stereocenters. The average molecular weight is 485 g/mol. The number of ketones is 1. The van der Waals surface area contributed by atoms with E-state index in [-0.39, 0.29) is 17.7 Å². The van der Waals surface area contributed by atoms with Crippen molar-refractivity contribution in [1.29, 1.82) is 0 Å². The van der Waals surface area contributed by atoms with E-state index in [0.29, 0.717) is 12.0 Å². The van der Waals surface area contributed by atoms with Crippen LogP contribution in [0.5, 0.6) is 0 Å². The molecular weight excluding hydrogens is 448 g/mol. The molecule has 0 heterocycles. The Morgan fingerprint density at radius 3 is 2.44 bits per heavy atom. The van der Waals surface area contributed by atoms with Crippen LogP contribution in [0.1, 0.15) is 72.6 Å². The summed E-state index contributed by atoms with van der Waals surface area (Å²) in [5.74, 6) is -0.504. The number of benzene rings is 2. The molecule has 2 aromatic carbocycles. The average Bonchev–Trinajstić information content (AvgIpc) is 2.85. The van der Waals surface area contributed by atoms with Crippen LogP contribution in [0.3, 0.4) is 0 Å².